The predicted octanol–water partition coefficient (Wildman–Crippen LogP) is 4.99. The molecule has 32 heavy (non-hydrogen) atoms. The molecule has 3 heterocycles. The van der Waals surface area contributed by atoms with Crippen molar-refractivity contribution in [2.24, 2.45) is 4.99 Å². The Morgan fingerprint density at radius 2 is 1.94 bits per heavy atom. The van der Waals surface area contributed by atoms with Crippen LogP contribution >= 0.6 is 34.3 Å². The maximum atomic E-state index is 13.1. The van der Waals surface area contributed by atoms with Crippen molar-refractivity contribution in [2.75, 3.05) is 13.4 Å². The Balaban J connectivity index is 1.60. The van der Waals surface area contributed by atoms with Gasteiger partial charge in [-0.05, 0) is 13.0 Å². The zero-order valence-electron chi connectivity index (χ0n) is 16.9. The average molecular weight is 489 g/mol. The Hall–Kier alpha value is -2.88. The van der Waals surface area contributed by atoms with E-state index < -0.39 is 5.91 Å². The third-order valence-electron chi connectivity index (χ3n) is 4.95. The fraction of sp³-hybridized carbons (Fsp3) is 0.227. The van der Waals surface area contributed by atoms with E-state index in [1.54, 1.807) is 6.92 Å². The maximum absolute atomic E-state index is 13.1. The van der Waals surface area contributed by atoms with Crippen LogP contribution in [0.2, 0.25) is 5.02 Å². The largest absolute Gasteiger partial charge is 0.466 e. The Kier molecular flexibility index (Phi) is 5.62. The molecule has 1 amide bonds. The molecule has 0 fully saturated rings. The van der Waals surface area contributed by atoms with Gasteiger partial charge in [-0.2, -0.15) is 4.99 Å². The van der Waals surface area contributed by atoms with Gasteiger partial charge in [0.2, 0.25) is 6.79 Å². The first kappa shape index (κ1) is 21.0. The minimum atomic E-state index is -0.423. The summed E-state index contributed by atoms with van der Waals surface area (Å²) in [4.78, 5) is 30.3. The van der Waals surface area contributed by atoms with E-state index >= 15 is 0 Å². The fourth-order valence-corrected chi connectivity index (χ4v) is 5.95. The third-order valence-corrected chi connectivity index (χ3v) is 7.65. The quantitative estimate of drug-likeness (QED) is 0.369. The minimum Gasteiger partial charge on any atom is -0.466 e. The van der Waals surface area contributed by atoms with Crippen LogP contribution in [0.4, 0.5) is 0 Å². The van der Waals surface area contributed by atoms with Gasteiger partial charge in [0, 0.05) is 28.8 Å². The van der Waals surface area contributed by atoms with Crippen molar-refractivity contribution in [1.82, 2.24) is 4.57 Å². The number of halogens is 1. The summed E-state index contributed by atoms with van der Waals surface area (Å²) >= 11 is 9.13. The number of amides is 1. The molecule has 0 aliphatic carbocycles. The van der Waals surface area contributed by atoms with Crippen LogP contribution in [0.25, 0.3) is 20.3 Å². The number of carbonyl (C=O) groups is 2. The van der Waals surface area contributed by atoms with E-state index in [4.69, 9.17) is 25.8 Å². The standard InChI is InChI=1S/C22H17ClN2O5S2/c1-2-28-18(26)7-8-25-13-9-14-15(30-11-29-14)10-17(13)32-22(25)24-21(27)20-19(23)12-5-3-4-6-16(12)31-20/h3-6,9-10H,2,7-8,11H2,1H3. The highest BCUT2D eigenvalue weighted by Gasteiger charge is 2.20. The molecular formula is C22H17ClN2O5S2. The Morgan fingerprint density at radius 1 is 1.16 bits per heavy atom. The Morgan fingerprint density at radius 3 is 2.72 bits per heavy atom. The van der Waals surface area contributed by atoms with E-state index in [0.29, 0.717) is 39.4 Å². The molecule has 0 saturated heterocycles. The molecule has 10 heteroatoms. The number of hydrogen-bond acceptors (Lipinski definition) is 7. The summed E-state index contributed by atoms with van der Waals surface area (Å²) in [7, 11) is 0. The monoisotopic (exact) mass is 488 g/mol. The average Bonchev–Trinajstić information content (AvgIpc) is 3.46. The molecule has 2 aromatic heterocycles. The summed E-state index contributed by atoms with van der Waals surface area (Å²) in [5.41, 5.74) is 0.803. The van der Waals surface area contributed by atoms with Crippen LogP contribution in [0, 0.1) is 0 Å². The molecule has 4 aromatic rings. The van der Waals surface area contributed by atoms with Gasteiger partial charge >= 0.3 is 5.97 Å². The second kappa shape index (κ2) is 8.57. The van der Waals surface area contributed by atoms with Crippen LogP contribution < -0.4 is 14.3 Å². The lowest BCUT2D eigenvalue weighted by molar-refractivity contribution is -0.143. The van der Waals surface area contributed by atoms with Gasteiger partial charge in [-0.3, -0.25) is 9.59 Å². The molecule has 5 rings (SSSR count). The second-order valence-corrected chi connectivity index (χ2v) is 9.36. The smallest absolute Gasteiger partial charge is 0.307 e. The van der Waals surface area contributed by atoms with E-state index in [9.17, 15) is 9.59 Å². The molecule has 0 unspecified atom stereocenters. The number of hydrogen-bond donors (Lipinski definition) is 0. The van der Waals surface area contributed by atoms with E-state index in [1.165, 1.54) is 22.7 Å². The van der Waals surface area contributed by atoms with Crippen LogP contribution in [0.3, 0.4) is 0 Å². The van der Waals surface area contributed by atoms with Crippen LogP contribution in [-0.4, -0.2) is 29.8 Å². The summed E-state index contributed by atoms with van der Waals surface area (Å²) in [6.07, 6.45) is 0.152. The highest BCUT2D eigenvalue weighted by molar-refractivity contribution is 7.21. The van der Waals surface area contributed by atoms with Gasteiger partial charge < -0.3 is 18.8 Å². The van der Waals surface area contributed by atoms with Crippen molar-refractivity contribution in [3.8, 4) is 11.5 Å². The van der Waals surface area contributed by atoms with Crippen molar-refractivity contribution in [3.05, 3.63) is 51.1 Å². The Bertz CT molecular complexity index is 1440. The first-order chi connectivity index (χ1) is 15.5. The van der Waals surface area contributed by atoms with Gasteiger partial charge in [0.25, 0.3) is 5.91 Å². The van der Waals surface area contributed by atoms with Crippen LogP contribution in [0.5, 0.6) is 11.5 Å². The van der Waals surface area contributed by atoms with Gasteiger partial charge in [0.05, 0.1) is 28.3 Å². The summed E-state index contributed by atoms with van der Waals surface area (Å²) in [5, 5.41) is 1.23. The summed E-state index contributed by atoms with van der Waals surface area (Å²) in [6, 6.07) is 11.3. The lowest BCUT2D eigenvalue weighted by Crippen LogP contribution is -2.19. The number of thiazole rings is 1. The molecule has 0 saturated carbocycles. The first-order valence-electron chi connectivity index (χ1n) is 9.90. The number of carbonyl (C=O) groups excluding carboxylic acids is 2. The van der Waals surface area contributed by atoms with Gasteiger partial charge in [-0.1, -0.05) is 41.1 Å². The van der Waals surface area contributed by atoms with Gasteiger partial charge in [-0.25, -0.2) is 0 Å². The van der Waals surface area contributed by atoms with Crippen molar-refractivity contribution in [3.63, 3.8) is 0 Å². The number of nitrogens with zero attached hydrogens (tertiary/aromatic N) is 2. The number of thiophene rings is 1. The molecule has 164 valence electrons. The second-order valence-electron chi connectivity index (χ2n) is 6.92. The molecule has 0 spiro atoms. The topological polar surface area (TPSA) is 79.1 Å². The van der Waals surface area contributed by atoms with Crippen molar-refractivity contribution in [1.29, 1.82) is 0 Å². The van der Waals surface area contributed by atoms with Crippen LogP contribution in [0.15, 0.2) is 41.4 Å². The van der Waals surface area contributed by atoms with Gasteiger partial charge in [0.15, 0.2) is 16.3 Å². The number of aryl methyl sites for hydroxylation is 1. The molecule has 0 bridgehead atoms. The summed E-state index contributed by atoms with van der Waals surface area (Å²) in [6.45, 7) is 2.55. The Labute approximate surface area is 195 Å². The maximum Gasteiger partial charge on any atom is 0.307 e. The van der Waals surface area contributed by atoms with E-state index in [1.807, 2.05) is 41.0 Å². The normalized spacial score (nSPS) is 13.2. The summed E-state index contributed by atoms with van der Waals surface area (Å²) in [5.74, 6) is 0.518. The van der Waals surface area contributed by atoms with E-state index in [0.717, 1.165) is 20.3 Å². The van der Waals surface area contributed by atoms with E-state index in [-0.39, 0.29) is 19.2 Å². The van der Waals surface area contributed by atoms with Crippen molar-refractivity contribution < 1.29 is 23.8 Å². The minimum absolute atomic E-state index is 0.152. The number of rotatable bonds is 5. The van der Waals surface area contributed by atoms with Crippen LogP contribution in [-0.2, 0) is 16.1 Å². The highest BCUT2D eigenvalue weighted by atomic mass is 35.5. The first-order valence-corrected chi connectivity index (χ1v) is 11.9. The predicted molar refractivity (Wildman–Crippen MR) is 124 cm³/mol. The molecule has 7 nitrogen and oxygen atoms in total. The number of benzene rings is 2. The zero-order chi connectivity index (χ0) is 22.2. The molecule has 0 radical (unpaired) electrons. The van der Waals surface area contributed by atoms with Crippen LogP contribution in [0.1, 0.15) is 23.0 Å². The van der Waals surface area contributed by atoms with Crippen molar-refractivity contribution >= 4 is 66.5 Å². The molecule has 0 atom stereocenters. The fourth-order valence-electron chi connectivity index (χ4n) is 3.49. The van der Waals surface area contributed by atoms with Gasteiger partial charge in [-0.15, -0.1) is 11.3 Å². The third kappa shape index (κ3) is 3.76. The lowest BCUT2D eigenvalue weighted by Gasteiger charge is -2.06. The lowest BCUT2D eigenvalue weighted by atomic mass is 10.2. The molecule has 0 N–H and O–H groups in total. The number of fused-ring (bicyclic) bond motifs is 3. The molecular weight excluding hydrogens is 472 g/mol. The SMILES string of the molecule is CCOC(=O)CCn1c(=NC(=O)c2sc3ccccc3c2Cl)sc2cc3c(cc21)OCO3. The number of aromatic nitrogens is 1. The van der Waals surface area contributed by atoms with Crippen molar-refractivity contribution in [2.45, 2.75) is 19.9 Å². The highest BCUT2D eigenvalue weighted by Crippen LogP contribution is 2.38. The summed E-state index contributed by atoms with van der Waals surface area (Å²) < 4.78 is 19.7. The van der Waals surface area contributed by atoms with Gasteiger partial charge in [0.1, 0.15) is 4.88 Å². The zero-order valence-corrected chi connectivity index (χ0v) is 19.3. The number of ether oxygens (including phenoxy) is 3. The molecule has 1 aliphatic rings. The molecule has 1 aliphatic heterocycles. The van der Waals surface area contributed by atoms with E-state index in [2.05, 4.69) is 4.99 Å². The number of esters is 1. The molecule has 2 aromatic carbocycles.